The molecule has 0 N–H and O–H groups in total. The molecule has 0 amide bonds. The van der Waals surface area contributed by atoms with Crippen LogP contribution in [0.4, 0.5) is 0 Å². The van der Waals surface area contributed by atoms with E-state index in [0.717, 1.165) is 11.3 Å². The molecule has 0 saturated heterocycles. The minimum atomic E-state index is -0.184. The number of esters is 1. The van der Waals surface area contributed by atoms with E-state index in [9.17, 15) is 4.79 Å². The fourth-order valence-corrected chi connectivity index (χ4v) is 1.31. The molecule has 0 spiro atoms. The number of benzene rings is 1. The topological polar surface area (TPSA) is 35.5 Å². The predicted molar refractivity (Wildman–Crippen MR) is 57.9 cm³/mol. The zero-order valence-corrected chi connectivity index (χ0v) is 9.16. The van der Waals surface area contributed by atoms with E-state index in [1.165, 1.54) is 7.11 Å². The van der Waals surface area contributed by atoms with Crippen molar-refractivity contribution in [2.75, 3.05) is 13.7 Å². The molecular formula is C12H16O3. The molecule has 0 aliphatic heterocycles. The Balaban J connectivity index is 2.53. The van der Waals surface area contributed by atoms with Gasteiger partial charge in [-0.1, -0.05) is 12.1 Å². The van der Waals surface area contributed by atoms with Crippen LogP contribution in [0.25, 0.3) is 0 Å². The first-order valence-electron chi connectivity index (χ1n) is 5.04. The molecule has 1 rings (SSSR count). The summed E-state index contributed by atoms with van der Waals surface area (Å²) in [4.78, 5) is 10.9. The first-order valence-corrected chi connectivity index (χ1v) is 5.04. The Labute approximate surface area is 90.0 Å². The summed E-state index contributed by atoms with van der Waals surface area (Å²) in [6, 6.07) is 7.76. The van der Waals surface area contributed by atoms with Crippen LogP contribution in [0.2, 0.25) is 0 Å². The van der Waals surface area contributed by atoms with Gasteiger partial charge in [0.2, 0.25) is 0 Å². The second-order valence-electron chi connectivity index (χ2n) is 3.16. The van der Waals surface area contributed by atoms with Crippen LogP contribution >= 0.6 is 0 Å². The Bertz CT molecular complexity index is 320. The minimum Gasteiger partial charge on any atom is -0.494 e. The van der Waals surface area contributed by atoms with Gasteiger partial charge in [0.1, 0.15) is 5.75 Å². The van der Waals surface area contributed by atoms with Crippen molar-refractivity contribution in [1.29, 1.82) is 0 Å². The zero-order chi connectivity index (χ0) is 11.1. The van der Waals surface area contributed by atoms with Gasteiger partial charge in [-0.25, -0.2) is 0 Å². The van der Waals surface area contributed by atoms with Gasteiger partial charge in [-0.05, 0) is 31.0 Å². The van der Waals surface area contributed by atoms with E-state index in [2.05, 4.69) is 4.74 Å². The molecule has 3 nitrogen and oxygen atoms in total. The normalized spacial score (nSPS) is 9.73. The molecule has 0 saturated carbocycles. The minimum absolute atomic E-state index is 0.184. The molecular weight excluding hydrogens is 192 g/mol. The fourth-order valence-electron chi connectivity index (χ4n) is 1.31. The lowest BCUT2D eigenvalue weighted by atomic mass is 10.1. The van der Waals surface area contributed by atoms with Crippen LogP contribution in [0.15, 0.2) is 24.3 Å². The molecule has 15 heavy (non-hydrogen) atoms. The standard InChI is InChI=1S/C12H16O3/c1-3-15-11-6-4-5-10(9-11)7-8-12(13)14-2/h4-6,9H,3,7-8H2,1-2H3. The molecule has 82 valence electrons. The average molecular weight is 208 g/mol. The summed E-state index contributed by atoms with van der Waals surface area (Å²) in [6.07, 6.45) is 1.10. The summed E-state index contributed by atoms with van der Waals surface area (Å²) in [6.45, 7) is 2.60. The number of rotatable bonds is 5. The third-order valence-corrected chi connectivity index (χ3v) is 2.05. The van der Waals surface area contributed by atoms with Gasteiger partial charge in [-0.15, -0.1) is 0 Å². The number of methoxy groups -OCH3 is 1. The van der Waals surface area contributed by atoms with Crippen LogP contribution in [-0.2, 0) is 16.0 Å². The molecule has 0 fully saturated rings. The van der Waals surface area contributed by atoms with E-state index in [1.54, 1.807) is 0 Å². The Morgan fingerprint density at radius 1 is 1.40 bits per heavy atom. The molecule has 1 aromatic carbocycles. The van der Waals surface area contributed by atoms with Gasteiger partial charge in [0.05, 0.1) is 13.7 Å². The maximum Gasteiger partial charge on any atom is 0.305 e. The van der Waals surface area contributed by atoms with Crippen molar-refractivity contribution < 1.29 is 14.3 Å². The molecule has 0 aliphatic rings. The molecule has 0 radical (unpaired) electrons. The van der Waals surface area contributed by atoms with Crippen molar-refractivity contribution in [3.8, 4) is 5.75 Å². The van der Waals surface area contributed by atoms with E-state index in [0.29, 0.717) is 19.4 Å². The third-order valence-electron chi connectivity index (χ3n) is 2.05. The number of carbonyl (C=O) groups is 1. The van der Waals surface area contributed by atoms with Crippen LogP contribution in [0.1, 0.15) is 18.9 Å². The van der Waals surface area contributed by atoms with Gasteiger partial charge < -0.3 is 9.47 Å². The van der Waals surface area contributed by atoms with Gasteiger partial charge in [0.25, 0.3) is 0 Å². The first-order chi connectivity index (χ1) is 7.26. The SMILES string of the molecule is CCOc1cccc(CCC(=O)OC)c1. The van der Waals surface area contributed by atoms with E-state index >= 15 is 0 Å². The van der Waals surface area contributed by atoms with E-state index in [1.807, 2.05) is 31.2 Å². The lowest BCUT2D eigenvalue weighted by molar-refractivity contribution is -0.140. The number of carbonyl (C=O) groups excluding carboxylic acids is 1. The maximum atomic E-state index is 10.9. The summed E-state index contributed by atoms with van der Waals surface area (Å²) in [5.41, 5.74) is 1.09. The molecule has 0 unspecified atom stereocenters. The van der Waals surface area contributed by atoms with Gasteiger partial charge in [-0.3, -0.25) is 4.79 Å². The number of ether oxygens (including phenoxy) is 2. The van der Waals surface area contributed by atoms with Crippen molar-refractivity contribution in [2.24, 2.45) is 0 Å². The summed E-state index contributed by atoms with van der Waals surface area (Å²) in [5.74, 6) is 0.664. The molecule has 1 aromatic rings. The molecule has 3 heteroatoms. The summed E-state index contributed by atoms with van der Waals surface area (Å²) in [7, 11) is 1.40. The van der Waals surface area contributed by atoms with E-state index < -0.39 is 0 Å². The van der Waals surface area contributed by atoms with Crippen LogP contribution < -0.4 is 4.74 Å². The van der Waals surface area contributed by atoms with Crippen molar-refractivity contribution >= 4 is 5.97 Å². The second kappa shape index (κ2) is 6.06. The average Bonchev–Trinajstić information content (AvgIpc) is 2.27. The Morgan fingerprint density at radius 2 is 2.20 bits per heavy atom. The molecule has 0 heterocycles. The van der Waals surface area contributed by atoms with Gasteiger partial charge in [0, 0.05) is 6.42 Å². The number of hydrogen-bond donors (Lipinski definition) is 0. The maximum absolute atomic E-state index is 10.9. The number of hydrogen-bond acceptors (Lipinski definition) is 3. The highest BCUT2D eigenvalue weighted by atomic mass is 16.5. The van der Waals surface area contributed by atoms with Crippen molar-refractivity contribution in [3.63, 3.8) is 0 Å². The zero-order valence-electron chi connectivity index (χ0n) is 9.16. The second-order valence-corrected chi connectivity index (χ2v) is 3.16. The predicted octanol–water partition coefficient (Wildman–Crippen LogP) is 2.19. The first kappa shape index (κ1) is 11.6. The molecule has 0 aliphatic carbocycles. The number of aryl methyl sites for hydroxylation is 1. The third kappa shape index (κ3) is 4.02. The van der Waals surface area contributed by atoms with Gasteiger partial charge in [-0.2, -0.15) is 0 Å². The highest BCUT2D eigenvalue weighted by Gasteiger charge is 2.02. The molecule has 0 atom stereocenters. The van der Waals surface area contributed by atoms with Crippen LogP contribution in [0, 0.1) is 0 Å². The molecule has 0 aromatic heterocycles. The molecule has 0 bridgehead atoms. The Kier molecular flexibility index (Phi) is 4.68. The van der Waals surface area contributed by atoms with E-state index in [4.69, 9.17) is 4.74 Å². The van der Waals surface area contributed by atoms with Crippen LogP contribution in [0.5, 0.6) is 5.75 Å². The monoisotopic (exact) mass is 208 g/mol. The van der Waals surface area contributed by atoms with Crippen molar-refractivity contribution in [3.05, 3.63) is 29.8 Å². The quantitative estimate of drug-likeness (QED) is 0.696. The largest absolute Gasteiger partial charge is 0.494 e. The van der Waals surface area contributed by atoms with Crippen LogP contribution in [-0.4, -0.2) is 19.7 Å². The fraction of sp³-hybridized carbons (Fsp3) is 0.417. The van der Waals surface area contributed by atoms with E-state index in [-0.39, 0.29) is 5.97 Å². The summed E-state index contributed by atoms with van der Waals surface area (Å²) < 4.78 is 9.94. The van der Waals surface area contributed by atoms with Crippen molar-refractivity contribution in [2.45, 2.75) is 19.8 Å². The Morgan fingerprint density at radius 3 is 2.87 bits per heavy atom. The highest BCUT2D eigenvalue weighted by Crippen LogP contribution is 2.14. The lowest BCUT2D eigenvalue weighted by Gasteiger charge is -2.05. The lowest BCUT2D eigenvalue weighted by Crippen LogP contribution is -2.02. The van der Waals surface area contributed by atoms with Gasteiger partial charge in [0.15, 0.2) is 0 Å². The van der Waals surface area contributed by atoms with Gasteiger partial charge >= 0.3 is 5.97 Å². The summed E-state index contributed by atoms with van der Waals surface area (Å²) >= 11 is 0. The van der Waals surface area contributed by atoms with Crippen molar-refractivity contribution in [1.82, 2.24) is 0 Å². The smallest absolute Gasteiger partial charge is 0.305 e. The highest BCUT2D eigenvalue weighted by molar-refractivity contribution is 5.69. The Hall–Kier alpha value is -1.51. The summed E-state index contributed by atoms with van der Waals surface area (Å²) in [5, 5.41) is 0. The van der Waals surface area contributed by atoms with Crippen LogP contribution in [0.3, 0.4) is 0 Å².